The molecule has 3 nitrogen and oxygen atoms in total. The number of nitrogens with zero attached hydrogens (tertiary/aromatic N) is 1. The van der Waals surface area contributed by atoms with Crippen LogP contribution in [-0.4, -0.2) is 14.4 Å². The van der Waals surface area contributed by atoms with Crippen LogP contribution in [0.2, 0.25) is 0 Å². The summed E-state index contributed by atoms with van der Waals surface area (Å²) >= 11 is 0. The number of nitrogens with one attached hydrogen (secondary N) is 1. The average Bonchev–Trinajstić information content (AvgIpc) is 3.41. The molecular formula is C18H16N2OS. The summed E-state index contributed by atoms with van der Waals surface area (Å²) in [5.74, 6) is 0. The minimum Gasteiger partial charge on any atom is -0.303 e. The first-order chi connectivity index (χ1) is 10.8. The standard InChI is InChI=1S/C18H16N2OS/c21-22(14-8-9-14)20-17-11-10-15(13-5-2-1-3-6-13)16-7-4-12-19-18(16)17/h1-7,10-12,14,20H,8-9H2. The second-order valence-corrected chi connectivity index (χ2v) is 6.99. The van der Waals surface area contributed by atoms with Crippen molar-refractivity contribution in [1.29, 1.82) is 0 Å². The Morgan fingerprint density at radius 2 is 1.82 bits per heavy atom. The van der Waals surface area contributed by atoms with Gasteiger partial charge in [0.15, 0.2) is 0 Å². The van der Waals surface area contributed by atoms with Gasteiger partial charge in [0.2, 0.25) is 0 Å². The molecule has 1 saturated carbocycles. The van der Waals surface area contributed by atoms with Crippen molar-refractivity contribution in [3.05, 3.63) is 60.8 Å². The molecular weight excluding hydrogens is 292 g/mol. The molecule has 0 saturated heterocycles. The van der Waals surface area contributed by atoms with Crippen molar-refractivity contribution in [1.82, 2.24) is 4.98 Å². The maximum absolute atomic E-state index is 12.1. The van der Waals surface area contributed by atoms with Crippen LogP contribution in [0.4, 0.5) is 5.69 Å². The van der Waals surface area contributed by atoms with Crippen LogP contribution in [0, 0.1) is 0 Å². The average molecular weight is 308 g/mol. The van der Waals surface area contributed by atoms with E-state index in [0.717, 1.165) is 40.6 Å². The van der Waals surface area contributed by atoms with Crippen LogP contribution in [0.15, 0.2) is 60.8 Å². The minimum absolute atomic E-state index is 0.299. The molecule has 0 bridgehead atoms. The summed E-state index contributed by atoms with van der Waals surface area (Å²) in [6, 6.07) is 18.3. The fraction of sp³-hybridized carbons (Fsp3) is 0.167. The molecule has 1 aliphatic rings. The zero-order chi connectivity index (χ0) is 14.9. The maximum Gasteiger partial charge on any atom is 0.120 e. The van der Waals surface area contributed by atoms with Gasteiger partial charge in [-0.15, -0.1) is 0 Å². The Kier molecular flexibility index (Phi) is 3.39. The largest absolute Gasteiger partial charge is 0.303 e. The van der Waals surface area contributed by atoms with Gasteiger partial charge < -0.3 is 4.72 Å². The summed E-state index contributed by atoms with van der Waals surface area (Å²) in [6.45, 7) is 0. The number of anilines is 1. The van der Waals surface area contributed by atoms with E-state index >= 15 is 0 Å². The predicted molar refractivity (Wildman–Crippen MR) is 92.0 cm³/mol. The van der Waals surface area contributed by atoms with Gasteiger partial charge in [0.05, 0.1) is 16.5 Å². The number of rotatable bonds is 4. The van der Waals surface area contributed by atoms with Gasteiger partial charge in [-0.3, -0.25) is 4.98 Å². The van der Waals surface area contributed by atoms with Gasteiger partial charge in [-0.1, -0.05) is 42.5 Å². The van der Waals surface area contributed by atoms with Gasteiger partial charge in [-0.25, -0.2) is 4.21 Å². The summed E-state index contributed by atoms with van der Waals surface area (Å²) in [4.78, 5) is 4.50. The van der Waals surface area contributed by atoms with Crippen LogP contribution in [0.1, 0.15) is 12.8 Å². The molecule has 1 unspecified atom stereocenters. The second kappa shape index (κ2) is 5.54. The molecule has 2 aromatic carbocycles. The van der Waals surface area contributed by atoms with Crippen LogP contribution >= 0.6 is 0 Å². The van der Waals surface area contributed by atoms with Crippen molar-refractivity contribution in [2.24, 2.45) is 0 Å². The fourth-order valence-corrected chi connectivity index (χ4v) is 3.71. The van der Waals surface area contributed by atoms with Crippen LogP contribution in [-0.2, 0) is 11.0 Å². The molecule has 3 aromatic rings. The lowest BCUT2D eigenvalue weighted by Gasteiger charge is -2.12. The molecule has 22 heavy (non-hydrogen) atoms. The van der Waals surface area contributed by atoms with E-state index in [1.165, 1.54) is 0 Å². The quantitative estimate of drug-likeness (QED) is 0.787. The highest BCUT2D eigenvalue weighted by atomic mass is 32.2. The fourth-order valence-electron chi connectivity index (χ4n) is 2.60. The molecule has 1 atom stereocenters. The first-order valence-electron chi connectivity index (χ1n) is 7.43. The molecule has 0 amide bonds. The lowest BCUT2D eigenvalue weighted by Crippen LogP contribution is -2.09. The number of hydrogen-bond donors (Lipinski definition) is 1. The van der Waals surface area contributed by atoms with E-state index < -0.39 is 11.0 Å². The van der Waals surface area contributed by atoms with Gasteiger partial charge in [0.1, 0.15) is 11.0 Å². The van der Waals surface area contributed by atoms with E-state index in [1.807, 2.05) is 30.3 Å². The van der Waals surface area contributed by atoms with E-state index in [2.05, 4.69) is 34.0 Å². The van der Waals surface area contributed by atoms with Crippen LogP contribution in [0.25, 0.3) is 22.0 Å². The molecule has 4 rings (SSSR count). The third-order valence-corrected chi connectivity index (χ3v) is 5.39. The van der Waals surface area contributed by atoms with Crippen molar-refractivity contribution < 1.29 is 4.21 Å². The van der Waals surface area contributed by atoms with E-state index in [9.17, 15) is 4.21 Å². The molecule has 4 heteroatoms. The topological polar surface area (TPSA) is 42.0 Å². The van der Waals surface area contributed by atoms with E-state index in [-0.39, 0.29) is 0 Å². The van der Waals surface area contributed by atoms with Crippen molar-refractivity contribution in [2.75, 3.05) is 4.72 Å². The molecule has 0 aliphatic heterocycles. The van der Waals surface area contributed by atoms with E-state index in [0.29, 0.717) is 5.25 Å². The SMILES string of the molecule is O=S(Nc1ccc(-c2ccccc2)c2cccnc12)C1CC1. The summed E-state index contributed by atoms with van der Waals surface area (Å²) in [6.07, 6.45) is 3.88. The zero-order valence-corrected chi connectivity index (χ0v) is 12.8. The summed E-state index contributed by atoms with van der Waals surface area (Å²) < 4.78 is 15.3. The second-order valence-electron chi connectivity index (χ2n) is 5.53. The normalized spacial score (nSPS) is 15.6. The molecule has 1 aliphatic carbocycles. The van der Waals surface area contributed by atoms with Crippen molar-refractivity contribution in [3.63, 3.8) is 0 Å². The van der Waals surface area contributed by atoms with Gasteiger partial charge >= 0.3 is 0 Å². The minimum atomic E-state index is -1.01. The number of aromatic nitrogens is 1. The van der Waals surface area contributed by atoms with Gasteiger partial charge in [-0.2, -0.15) is 0 Å². The highest BCUT2D eigenvalue weighted by Crippen LogP contribution is 2.33. The Hall–Kier alpha value is -2.20. The Bertz CT molecular complexity index is 844. The first-order valence-corrected chi connectivity index (χ1v) is 8.64. The lowest BCUT2D eigenvalue weighted by atomic mass is 10.00. The number of hydrogen-bond acceptors (Lipinski definition) is 2. The lowest BCUT2D eigenvalue weighted by molar-refractivity contribution is 0.685. The number of pyridine rings is 1. The van der Waals surface area contributed by atoms with Crippen molar-refractivity contribution >= 4 is 27.6 Å². The molecule has 0 radical (unpaired) electrons. The smallest absolute Gasteiger partial charge is 0.120 e. The third-order valence-electron chi connectivity index (χ3n) is 3.89. The molecule has 1 aromatic heterocycles. The Morgan fingerprint density at radius 1 is 1.00 bits per heavy atom. The zero-order valence-electron chi connectivity index (χ0n) is 12.0. The summed E-state index contributed by atoms with van der Waals surface area (Å²) in [5, 5.41) is 1.37. The Morgan fingerprint density at radius 3 is 2.59 bits per heavy atom. The maximum atomic E-state index is 12.1. The predicted octanol–water partition coefficient (Wildman–Crippen LogP) is 4.14. The van der Waals surface area contributed by atoms with E-state index in [1.54, 1.807) is 6.20 Å². The Balaban J connectivity index is 1.83. The van der Waals surface area contributed by atoms with Gasteiger partial charge in [0.25, 0.3) is 0 Å². The van der Waals surface area contributed by atoms with Crippen LogP contribution < -0.4 is 4.72 Å². The highest BCUT2D eigenvalue weighted by Gasteiger charge is 2.29. The monoisotopic (exact) mass is 308 g/mol. The molecule has 0 spiro atoms. The van der Waals surface area contributed by atoms with Crippen LogP contribution in [0.5, 0.6) is 0 Å². The van der Waals surface area contributed by atoms with Gasteiger partial charge in [0, 0.05) is 11.6 Å². The van der Waals surface area contributed by atoms with Crippen LogP contribution in [0.3, 0.4) is 0 Å². The van der Waals surface area contributed by atoms with E-state index in [4.69, 9.17) is 0 Å². The van der Waals surface area contributed by atoms with Crippen molar-refractivity contribution in [2.45, 2.75) is 18.1 Å². The van der Waals surface area contributed by atoms with Crippen molar-refractivity contribution in [3.8, 4) is 11.1 Å². The summed E-state index contributed by atoms with van der Waals surface area (Å²) in [5.41, 5.74) is 4.03. The molecule has 1 N–H and O–H groups in total. The molecule has 1 fully saturated rings. The number of benzene rings is 2. The van der Waals surface area contributed by atoms with Gasteiger partial charge in [-0.05, 0) is 36.1 Å². The number of fused-ring (bicyclic) bond motifs is 1. The third kappa shape index (κ3) is 2.50. The molecule has 1 heterocycles. The summed E-state index contributed by atoms with van der Waals surface area (Å²) in [7, 11) is -1.01. The Labute approximate surface area is 132 Å². The first kappa shape index (κ1) is 13.5. The highest BCUT2D eigenvalue weighted by molar-refractivity contribution is 7.87. The molecule has 110 valence electrons.